The van der Waals surface area contributed by atoms with Gasteiger partial charge in [-0.15, -0.1) is 0 Å². The summed E-state index contributed by atoms with van der Waals surface area (Å²) < 4.78 is 0. The lowest BCUT2D eigenvalue weighted by atomic mass is 10.1. The summed E-state index contributed by atoms with van der Waals surface area (Å²) in [5, 5.41) is 16.9. The van der Waals surface area contributed by atoms with E-state index in [1.807, 2.05) is 6.92 Å². The number of non-ortho nitro benzene ring substituents is 1. The number of nitrogens with zero attached hydrogens (tertiary/aromatic N) is 1. The summed E-state index contributed by atoms with van der Waals surface area (Å²) in [5.41, 5.74) is 1.95. The quantitative estimate of drug-likeness (QED) is 0.662. The Hall–Kier alpha value is -2.60. The Balaban J connectivity index is 2.38. The molecule has 6 nitrogen and oxygen atoms in total. The second-order valence-corrected chi connectivity index (χ2v) is 5.09. The molecule has 22 heavy (non-hydrogen) atoms. The molecule has 0 heterocycles. The molecular formula is C15H14ClN3O3. The first-order valence-corrected chi connectivity index (χ1v) is 6.84. The van der Waals surface area contributed by atoms with Crippen LogP contribution >= 0.6 is 11.6 Å². The van der Waals surface area contributed by atoms with Gasteiger partial charge in [0.1, 0.15) is 0 Å². The van der Waals surface area contributed by atoms with Crippen LogP contribution in [0.2, 0.25) is 5.02 Å². The fourth-order valence-electron chi connectivity index (χ4n) is 1.97. The van der Waals surface area contributed by atoms with Crippen molar-refractivity contribution in [1.82, 2.24) is 0 Å². The second kappa shape index (κ2) is 6.44. The smallest absolute Gasteiger partial charge is 0.270 e. The largest absolute Gasteiger partial charge is 0.387 e. The molecule has 0 fully saturated rings. The Labute approximate surface area is 132 Å². The predicted octanol–water partition coefficient (Wildman–Crippen LogP) is 3.85. The number of nitro groups is 1. The van der Waals surface area contributed by atoms with Crippen LogP contribution in [0.3, 0.4) is 0 Å². The molecule has 0 saturated heterocycles. The van der Waals surface area contributed by atoms with Gasteiger partial charge in [0.05, 0.1) is 10.5 Å². The highest BCUT2D eigenvalue weighted by molar-refractivity contribution is 6.31. The molecular weight excluding hydrogens is 306 g/mol. The summed E-state index contributed by atoms with van der Waals surface area (Å²) in [6.45, 7) is 1.83. The zero-order chi connectivity index (χ0) is 16.3. The number of nitrogens with one attached hydrogen (secondary N) is 2. The zero-order valence-electron chi connectivity index (χ0n) is 12.0. The number of benzene rings is 2. The minimum absolute atomic E-state index is 0.146. The van der Waals surface area contributed by atoms with E-state index in [0.29, 0.717) is 16.4 Å². The molecule has 0 bridgehead atoms. The van der Waals surface area contributed by atoms with Gasteiger partial charge in [0, 0.05) is 35.6 Å². The van der Waals surface area contributed by atoms with Crippen LogP contribution < -0.4 is 10.6 Å². The number of nitro benzene ring substituents is 1. The molecule has 0 atom stereocenters. The molecule has 2 rings (SSSR count). The first kappa shape index (κ1) is 15.8. The van der Waals surface area contributed by atoms with Crippen LogP contribution in [0.25, 0.3) is 0 Å². The Morgan fingerprint density at radius 2 is 1.91 bits per heavy atom. The Morgan fingerprint density at radius 1 is 1.18 bits per heavy atom. The van der Waals surface area contributed by atoms with Crippen LogP contribution in [-0.2, 0) is 0 Å². The van der Waals surface area contributed by atoms with E-state index in [1.165, 1.54) is 18.2 Å². The summed E-state index contributed by atoms with van der Waals surface area (Å²) >= 11 is 5.92. The maximum atomic E-state index is 12.4. The van der Waals surface area contributed by atoms with Gasteiger partial charge in [0.2, 0.25) is 0 Å². The van der Waals surface area contributed by atoms with E-state index >= 15 is 0 Å². The highest BCUT2D eigenvalue weighted by atomic mass is 35.5. The molecule has 2 aromatic rings. The molecule has 0 unspecified atom stereocenters. The number of carbonyl (C=O) groups is 1. The number of halogens is 1. The van der Waals surface area contributed by atoms with E-state index in [1.54, 1.807) is 25.2 Å². The number of hydrogen-bond donors (Lipinski definition) is 2. The topological polar surface area (TPSA) is 84.3 Å². The highest BCUT2D eigenvalue weighted by Gasteiger charge is 2.17. The minimum atomic E-state index is -0.541. The third-order valence-electron chi connectivity index (χ3n) is 3.18. The monoisotopic (exact) mass is 319 g/mol. The van der Waals surface area contributed by atoms with Crippen molar-refractivity contribution in [1.29, 1.82) is 0 Å². The molecule has 0 aliphatic heterocycles. The SMILES string of the molecule is CNc1ccc([N+](=O)[O-])cc1C(=O)Nc1cc(Cl)ccc1C. The van der Waals surface area contributed by atoms with Crippen LogP contribution in [-0.4, -0.2) is 17.9 Å². The predicted molar refractivity (Wildman–Crippen MR) is 86.8 cm³/mol. The zero-order valence-corrected chi connectivity index (χ0v) is 12.8. The number of anilines is 2. The van der Waals surface area contributed by atoms with E-state index in [9.17, 15) is 14.9 Å². The second-order valence-electron chi connectivity index (χ2n) is 4.65. The maximum absolute atomic E-state index is 12.4. The van der Waals surface area contributed by atoms with Gasteiger partial charge < -0.3 is 10.6 Å². The van der Waals surface area contributed by atoms with E-state index in [0.717, 1.165) is 5.56 Å². The highest BCUT2D eigenvalue weighted by Crippen LogP contribution is 2.25. The molecule has 114 valence electrons. The molecule has 0 saturated carbocycles. The average Bonchev–Trinajstić information content (AvgIpc) is 2.50. The van der Waals surface area contributed by atoms with Crippen molar-refractivity contribution in [2.45, 2.75) is 6.92 Å². The van der Waals surface area contributed by atoms with Crippen LogP contribution in [0.4, 0.5) is 17.1 Å². The molecule has 0 spiro atoms. The fraction of sp³-hybridized carbons (Fsp3) is 0.133. The molecule has 7 heteroatoms. The minimum Gasteiger partial charge on any atom is -0.387 e. The van der Waals surface area contributed by atoms with Gasteiger partial charge in [-0.3, -0.25) is 14.9 Å². The Kier molecular flexibility index (Phi) is 4.62. The van der Waals surface area contributed by atoms with Crippen molar-refractivity contribution in [3.8, 4) is 0 Å². The number of carbonyl (C=O) groups excluding carboxylic acids is 1. The van der Waals surface area contributed by atoms with Crippen LogP contribution in [0.5, 0.6) is 0 Å². The van der Waals surface area contributed by atoms with Crippen molar-refractivity contribution in [3.05, 3.63) is 62.7 Å². The van der Waals surface area contributed by atoms with Gasteiger partial charge in [-0.25, -0.2) is 0 Å². The van der Waals surface area contributed by atoms with Gasteiger partial charge in [0.25, 0.3) is 11.6 Å². The summed E-state index contributed by atoms with van der Waals surface area (Å²) in [7, 11) is 1.64. The lowest BCUT2D eigenvalue weighted by Gasteiger charge is -2.11. The van der Waals surface area contributed by atoms with Crippen molar-refractivity contribution in [3.63, 3.8) is 0 Å². The van der Waals surface area contributed by atoms with Crippen LogP contribution in [0.1, 0.15) is 15.9 Å². The fourth-order valence-corrected chi connectivity index (χ4v) is 2.14. The molecule has 2 N–H and O–H groups in total. The normalized spacial score (nSPS) is 10.1. The third-order valence-corrected chi connectivity index (χ3v) is 3.41. The standard InChI is InChI=1S/C15H14ClN3O3/c1-9-3-4-10(16)7-14(9)18-15(20)12-8-11(19(21)22)5-6-13(12)17-2/h3-8,17H,1-2H3,(H,18,20). The molecule has 0 radical (unpaired) electrons. The first-order valence-electron chi connectivity index (χ1n) is 6.46. The number of hydrogen-bond acceptors (Lipinski definition) is 4. The lowest BCUT2D eigenvalue weighted by Crippen LogP contribution is -2.15. The Morgan fingerprint density at radius 3 is 2.55 bits per heavy atom. The van der Waals surface area contributed by atoms with E-state index in [2.05, 4.69) is 10.6 Å². The van der Waals surface area contributed by atoms with E-state index in [4.69, 9.17) is 11.6 Å². The van der Waals surface area contributed by atoms with Gasteiger partial charge in [-0.2, -0.15) is 0 Å². The van der Waals surface area contributed by atoms with E-state index in [-0.39, 0.29) is 11.3 Å². The number of amides is 1. The lowest BCUT2D eigenvalue weighted by molar-refractivity contribution is -0.384. The molecule has 2 aromatic carbocycles. The van der Waals surface area contributed by atoms with Gasteiger partial charge >= 0.3 is 0 Å². The van der Waals surface area contributed by atoms with Crippen LogP contribution in [0.15, 0.2) is 36.4 Å². The average molecular weight is 320 g/mol. The number of rotatable bonds is 4. The van der Waals surface area contributed by atoms with Crippen molar-refractivity contribution in [2.24, 2.45) is 0 Å². The van der Waals surface area contributed by atoms with Crippen molar-refractivity contribution in [2.75, 3.05) is 17.7 Å². The van der Waals surface area contributed by atoms with Crippen molar-refractivity contribution < 1.29 is 9.72 Å². The third kappa shape index (κ3) is 3.35. The van der Waals surface area contributed by atoms with Gasteiger partial charge in [-0.05, 0) is 30.7 Å². The molecule has 1 amide bonds. The van der Waals surface area contributed by atoms with E-state index < -0.39 is 10.8 Å². The summed E-state index contributed by atoms with van der Waals surface area (Å²) in [6, 6.07) is 9.21. The van der Waals surface area contributed by atoms with Gasteiger partial charge in [0.15, 0.2) is 0 Å². The summed E-state index contributed by atoms with van der Waals surface area (Å²) in [6.07, 6.45) is 0. The Bertz CT molecular complexity index is 747. The van der Waals surface area contributed by atoms with Crippen LogP contribution in [0, 0.1) is 17.0 Å². The molecule has 0 aliphatic rings. The maximum Gasteiger partial charge on any atom is 0.270 e. The first-order chi connectivity index (χ1) is 10.4. The molecule has 0 aliphatic carbocycles. The summed E-state index contributed by atoms with van der Waals surface area (Å²) in [5.74, 6) is -0.446. The van der Waals surface area contributed by atoms with Crippen molar-refractivity contribution >= 4 is 34.6 Å². The van der Waals surface area contributed by atoms with Gasteiger partial charge in [-0.1, -0.05) is 17.7 Å². The number of aryl methyl sites for hydroxylation is 1. The summed E-state index contributed by atoms with van der Waals surface area (Å²) in [4.78, 5) is 22.7. The molecule has 0 aromatic heterocycles.